The molecule has 38 heavy (non-hydrogen) atoms. The molecule has 4 heterocycles. The number of benzene rings is 1. The zero-order chi connectivity index (χ0) is 27.2. The van der Waals surface area contributed by atoms with Crippen LogP contribution in [0.3, 0.4) is 0 Å². The van der Waals surface area contributed by atoms with Crippen LogP contribution in [0.2, 0.25) is 0 Å². The van der Waals surface area contributed by atoms with Crippen molar-refractivity contribution in [3.05, 3.63) is 52.9 Å². The summed E-state index contributed by atoms with van der Waals surface area (Å²) in [6.07, 6.45) is -3.31. The second-order valence-corrected chi connectivity index (χ2v) is 9.54. The minimum atomic E-state index is -4.59. The molecular weight excluding hydrogens is 569 g/mol. The summed E-state index contributed by atoms with van der Waals surface area (Å²) >= 11 is 3.23. The van der Waals surface area contributed by atoms with Crippen molar-refractivity contribution in [3.63, 3.8) is 0 Å². The number of nitrogens with one attached hydrogen (secondary N) is 1. The van der Waals surface area contributed by atoms with Gasteiger partial charge in [0, 0.05) is 11.9 Å². The van der Waals surface area contributed by atoms with Crippen LogP contribution >= 0.6 is 15.9 Å². The Morgan fingerprint density at radius 1 is 1.24 bits per heavy atom. The monoisotopic (exact) mass is 586 g/mol. The molecule has 3 N–H and O–H groups in total. The van der Waals surface area contributed by atoms with E-state index in [1.165, 1.54) is 15.5 Å². The number of likely N-dealkylation sites (tertiary alicyclic amines) is 1. The van der Waals surface area contributed by atoms with E-state index in [0.29, 0.717) is 10.1 Å². The number of pyridine rings is 1. The van der Waals surface area contributed by atoms with Gasteiger partial charge in [-0.1, -0.05) is 6.07 Å². The fourth-order valence-electron chi connectivity index (χ4n) is 4.64. The highest BCUT2D eigenvalue weighted by Gasteiger charge is 2.40. The van der Waals surface area contributed by atoms with Crippen molar-refractivity contribution < 1.29 is 22.8 Å². The first-order chi connectivity index (χ1) is 18.1. The van der Waals surface area contributed by atoms with Gasteiger partial charge in [-0.15, -0.1) is 0 Å². The fraction of sp³-hybridized carbons (Fsp3) is 0.250. The molecule has 0 aliphatic carbocycles. The van der Waals surface area contributed by atoms with Gasteiger partial charge < -0.3 is 20.5 Å². The number of nitrogens with two attached hydrogens (primary N) is 1. The first-order valence-corrected chi connectivity index (χ1v) is 12.1. The maximum absolute atomic E-state index is 13.5. The van der Waals surface area contributed by atoms with Crippen LogP contribution in [-0.4, -0.2) is 48.8 Å². The van der Waals surface area contributed by atoms with Crippen LogP contribution in [-0.2, 0) is 22.3 Å². The molecule has 1 aliphatic heterocycles. The lowest BCUT2D eigenvalue weighted by Crippen LogP contribution is -2.44. The average molecular weight is 587 g/mol. The quantitative estimate of drug-likeness (QED) is 0.347. The van der Waals surface area contributed by atoms with Gasteiger partial charge in [-0.05, 0) is 52.7 Å². The lowest BCUT2D eigenvalue weighted by atomic mass is 10.1. The molecular formula is C24H18BrF3N8O2. The van der Waals surface area contributed by atoms with Crippen molar-refractivity contribution in [1.82, 2.24) is 24.4 Å². The molecule has 4 aromatic rings. The number of rotatable bonds is 4. The Morgan fingerprint density at radius 3 is 2.74 bits per heavy atom. The number of hydrogen-bond acceptors (Lipinski definition) is 7. The lowest BCUT2D eigenvalue weighted by Gasteiger charge is -2.24. The summed E-state index contributed by atoms with van der Waals surface area (Å²) in [6, 6.07) is 9.22. The highest BCUT2D eigenvalue weighted by molar-refractivity contribution is 9.10. The number of alkyl halides is 3. The molecule has 2 atom stereocenters. The van der Waals surface area contributed by atoms with Crippen LogP contribution < -0.4 is 11.1 Å². The number of carbonyl (C=O) groups excluding carboxylic acids is 2. The normalized spacial score (nSPS) is 17.6. The molecule has 1 fully saturated rings. The van der Waals surface area contributed by atoms with Crippen molar-refractivity contribution in [2.75, 3.05) is 17.6 Å². The molecule has 1 aliphatic rings. The maximum Gasteiger partial charge on any atom is 0.416 e. The number of fused-ring (bicyclic) bond motifs is 3. The molecule has 14 heteroatoms. The van der Waals surface area contributed by atoms with Gasteiger partial charge in [-0.3, -0.25) is 9.59 Å². The van der Waals surface area contributed by atoms with E-state index in [-0.39, 0.29) is 47.6 Å². The number of carbonyl (C=O) groups is 2. The van der Waals surface area contributed by atoms with Gasteiger partial charge in [0.05, 0.1) is 28.5 Å². The van der Waals surface area contributed by atoms with Crippen LogP contribution in [0.25, 0.3) is 21.9 Å². The second-order valence-electron chi connectivity index (χ2n) is 8.73. The van der Waals surface area contributed by atoms with Gasteiger partial charge in [-0.2, -0.15) is 18.4 Å². The van der Waals surface area contributed by atoms with E-state index >= 15 is 0 Å². The zero-order valence-corrected chi connectivity index (χ0v) is 21.0. The number of hydrogen-bond donors (Lipinski definition) is 2. The summed E-state index contributed by atoms with van der Waals surface area (Å²) in [7, 11) is 0. The van der Waals surface area contributed by atoms with E-state index in [4.69, 9.17) is 5.73 Å². The molecule has 0 spiro atoms. The molecule has 3 aromatic heterocycles. The van der Waals surface area contributed by atoms with Crippen LogP contribution in [0.5, 0.6) is 0 Å². The predicted octanol–water partition coefficient (Wildman–Crippen LogP) is 3.72. The number of aromatic nitrogens is 4. The standard InChI is InChI=1S/C24H18BrF3N8O2/c25-17-2-1-3-18(33-17)34-23(38)16-6-12(8-29)9-35(16)19(37)10-36-15-5-4-13(24(26,27)28)7-14(15)20-21(30)31-11-32-22(20)36/h1-5,7,11-12,16H,6,9-10H2,(H2,30,31,32)(H,33,34,38)/t12-,16-/m0/s1. The Labute approximate surface area is 221 Å². The second kappa shape index (κ2) is 9.56. The third-order valence-electron chi connectivity index (χ3n) is 6.36. The van der Waals surface area contributed by atoms with Crippen LogP contribution in [0.15, 0.2) is 47.3 Å². The third kappa shape index (κ3) is 4.60. The van der Waals surface area contributed by atoms with Gasteiger partial charge in [-0.25, -0.2) is 15.0 Å². The molecule has 0 unspecified atom stereocenters. The number of nitrogens with zero attached hydrogens (tertiary/aromatic N) is 6. The maximum atomic E-state index is 13.5. The van der Waals surface area contributed by atoms with E-state index in [9.17, 15) is 28.0 Å². The summed E-state index contributed by atoms with van der Waals surface area (Å²) in [4.78, 5) is 40.2. The molecule has 0 radical (unpaired) electrons. The Morgan fingerprint density at radius 2 is 2.03 bits per heavy atom. The summed E-state index contributed by atoms with van der Waals surface area (Å²) in [5.41, 5.74) is 5.58. The fourth-order valence-corrected chi connectivity index (χ4v) is 4.99. The van der Waals surface area contributed by atoms with Crippen molar-refractivity contribution in [3.8, 4) is 6.07 Å². The van der Waals surface area contributed by atoms with Gasteiger partial charge in [0.15, 0.2) is 0 Å². The Kier molecular flexibility index (Phi) is 6.39. The van der Waals surface area contributed by atoms with E-state index in [1.807, 2.05) is 0 Å². The summed E-state index contributed by atoms with van der Waals surface area (Å²) in [5, 5.41) is 12.5. The lowest BCUT2D eigenvalue weighted by molar-refractivity contribution is -0.137. The van der Waals surface area contributed by atoms with Crippen LogP contribution in [0.4, 0.5) is 24.8 Å². The van der Waals surface area contributed by atoms with Crippen LogP contribution in [0, 0.1) is 17.2 Å². The smallest absolute Gasteiger partial charge is 0.383 e. The molecule has 5 rings (SSSR count). The van der Waals surface area contributed by atoms with E-state index in [1.54, 1.807) is 18.2 Å². The highest BCUT2D eigenvalue weighted by Crippen LogP contribution is 2.37. The van der Waals surface area contributed by atoms with Gasteiger partial charge in [0.1, 0.15) is 40.8 Å². The molecule has 1 aromatic carbocycles. The number of amides is 2. The van der Waals surface area contributed by atoms with Crippen molar-refractivity contribution in [2.45, 2.75) is 25.2 Å². The number of nitriles is 1. The van der Waals surface area contributed by atoms with Gasteiger partial charge in [0.2, 0.25) is 11.8 Å². The van der Waals surface area contributed by atoms with Crippen LogP contribution in [0.1, 0.15) is 12.0 Å². The largest absolute Gasteiger partial charge is 0.416 e. The number of anilines is 2. The first-order valence-electron chi connectivity index (χ1n) is 11.3. The molecule has 10 nitrogen and oxygen atoms in total. The molecule has 0 bridgehead atoms. The van der Waals surface area contributed by atoms with E-state index in [0.717, 1.165) is 18.5 Å². The molecule has 2 amide bonds. The molecule has 194 valence electrons. The zero-order valence-electron chi connectivity index (χ0n) is 19.4. The topological polar surface area (TPSA) is 143 Å². The molecule has 0 saturated carbocycles. The Balaban J connectivity index is 1.50. The Bertz CT molecular complexity index is 1630. The van der Waals surface area contributed by atoms with Crippen molar-refractivity contribution in [2.24, 2.45) is 5.92 Å². The summed E-state index contributed by atoms with van der Waals surface area (Å²) < 4.78 is 42.2. The summed E-state index contributed by atoms with van der Waals surface area (Å²) in [5.74, 6) is -1.36. The average Bonchev–Trinajstić information content (AvgIpc) is 3.44. The van der Waals surface area contributed by atoms with E-state index in [2.05, 4.69) is 42.3 Å². The first kappa shape index (κ1) is 25.4. The Hall–Kier alpha value is -4.25. The van der Waals surface area contributed by atoms with Gasteiger partial charge in [0.25, 0.3) is 0 Å². The SMILES string of the molecule is N#C[C@@H]1C[C@@H](C(=O)Nc2cccc(Br)n2)N(C(=O)Cn2c3ccc(C(F)(F)F)cc3c3c(N)ncnc32)C1. The molecule has 1 saturated heterocycles. The predicted molar refractivity (Wildman–Crippen MR) is 134 cm³/mol. The third-order valence-corrected chi connectivity index (χ3v) is 6.80. The minimum Gasteiger partial charge on any atom is -0.383 e. The minimum absolute atomic E-state index is 0.0197. The van der Waals surface area contributed by atoms with E-state index < -0.39 is 35.5 Å². The number of halogens is 4. The van der Waals surface area contributed by atoms with Crippen molar-refractivity contribution in [1.29, 1.82) is 5.26 Å². The van der Waals surface area contributed by atoms with Gasteiger partial charge >= 0.3 is 6.18 Å². The number of nitrogen functional groups attached to an aromatic ring is 1. The highest BCUT2D eigenvalue weighted by atomic mass is 79.9. The van der Waals surface area contributed by atoms with Crippen molar-refractivity contribution >= 4 is 61.3 Å². The summed E-state index contributed by atoms with van der Waals surface area (Å²) in [6.45, 7) is -0.329.